The Bertz CT molecular complexity index is 430. The highest BCUT2D eigenvalue weighted by Gasteiger charge is 2.29. The molecule has 0 aromatic heterocycles. The van der Waals surface area contributed by atoms with E-state index < -0.39 is 5.51 Å². The van der Waals surface area contributed by atoms with E-state index in [1.54, 1.807) is 12.1 Å². The van der Waals surface area contributed by atoms with E-state index in [4.69, 9.17) is 4.74 Å². The fraction of sp³-hybridized carbons (Fsp3) is 0.600. The third kappa shape index (κ3) is 5.88. The first kappa shape index (κ1) is 16.6. The molecule has 0 spiro atoms. The van der Waals surface area contributed by atoms with Gasteiger partial charge in [0.05, 0.1) is 0 Å². The zero-order valence-electron chi connectivity index (χ0n) is 12.0. The number of rotatable bonds is 5. The standard InChI is InChI=1S/C15H20F3NOS/c1-11(13-6-8-20-9-7-13)19-10-12-2-4-14(5-3-12)21-15(16,17)18/h2-5,11,13,19H,6-10H2,1H3. The summed E-state index contributed by atoms with van der Waals surface area (Å²) in [5.74, 6) is 0.610. The monoisotopic (exact) mass is 319 g/mol. The molecule has 1 N–H and O–H groups in total. The molecule has 1 saturated heterocycles. The van der Waals surface area contributed by atoms with Crippen molar-refractivity contribution in [1.29, 1.82) is 0 Å². The maximum absolute atomic E-state index is 12.2. The predicted molar refractivity (Wildman–Crippen MR) is 78.2 cm³/mol. The van der Waals surface area contributed by atoms with Crippen LogP contribution in [0.4, 0.5) is 13.2 Å². The number of benzene rings is 1. The van der Waals surface area contributed by atoms with Gasteiger partial charge in [-0.3, -0.25) is 0 Å². The van der Waals surface area contributed by atoms with Gasteiger partial charge < -0.3 is 10.1 Å². The Morgan fingerprint density at radius 3 is 2.43 bits per heavy atom. The highest BCUT2D eigenvalue weighted by atomic mass is 32.2. The molecule has 0 saturated carbocycles. The van der Waals surface area contributed by atoms with E-state index in [0.717, 1.165) is 31.6 Å². The van der Waals surface area contributed by atoms with E-state index >= 15 is 0 Å². The van der Waals surface area contributed by atoms with Crippen LogP contribution in [-0.4, -0.2) is 24.8 Å². The molecule has 2 rings (SSSR count). The molecule has 2 nitrogen and oxygen atoms in total. The second-order valence-electron chi connectivity index (χ2n) is 5.31. The highest BCUT2D eigenvalue weighted by molar-refractivity contribution is 8.00. The first-order chi connectivity index (χ1) is 9.94. The second-order valence-corrected chi connectivity index (χ2v) is 6.45. The fourth-order valence-electron chi connectivity index (χ4n) is 2.47. The summed E-state index contributed by atoms with van der Waals surface area (Å²) in [6.07, 6.45) is 2.13. The minimum atomic E-state index is -4.22. The van der Waals surface area contributed by atoms with Crippen molar-refractivity contribution in [1.82, 2.24) is 5.32 Å². The van der Waals surface area contributed by atoms with Gasteiger partial charge in [-0.05, 0) is 55.1 Å². The van der Waals surface area contributed by atoms with E-state index in [2.05, 4.69) is 12.2 Å². The van der Waals surface area contributed by atoms with Crippen LogP contribution >= 0.6 is 11.8 Å². The number of thioether (sulfide) groups is 1. The van der Waals surface area contributed by atoms with Crippen LogP contribution in [0, 0.1) is 5.92 Å². The summed E-state index contributed by atoms with van der Waals surface area (Å²) in [4.78, 5) is 0.226. The third-order valence-electron chi connectivity index (χ3n) is 3.76. The van der Waals surface area contributed by atoms with E-state index in [-0.39, 0.29) is 16.7 Å². The predicted octanol–water partition coefficient (Wildman–Crippen LogP) is 4.20. The Balaban J connectivity index is 1.80. The summed E-state index contributed by atoms with van der Waals surface area (Å²) in [6.45, 7) is 4.47. The normalized spacial score (nSPS) is 18.7. The van der Waals surface area contributed by atoms with E-state index in [1.807, 2.05) is 0 Å². The van der Waals surface area contributed by atoms with Crippen molar-refractivity contribution in [2.24, 2.45) is 5.92 Å². The molecule has 0 bridgehead atoms. The van der Waals surface area contributed by atoms with Gasteiger partial charge in [0.15, 0.2) is 0 Å². The van der Waals surface area contributed by atoms with Gasteiger partial charge in [-0.1, -0.05) is 12.1 Å². The quantitative estimate of drug-likeness (QED) is 0.822. The Kier molecular flexibility index (Phi) is 5.96. The number of nitrogens with one attached hydrogen (secondary N) is 1. The zero-order valence-corrected chi connectivity index (χ0v) is 12.8. The minimum Gasteiger partial charge on any atom is -0.381 e. The summed E-state index contributed by atoms with van der Waals surface area (Å²) < 4.78 is 42.1. The van der Waals surface area contributed by atoms with Gasteiger partial charge in [0.1, 0.15) is 0 Å². The Morgan fingerprint density at radius 2 is 1.86 bits per heavy atom. The molecule has 1 aromatic carbocycles. The topological polar surface area (TPSA) is 21.3 Å². The number of hydrogen-bond donors (Lipinski definition) is 1. The summed E-state index contributed by atoms with van der Waals surface area (Å²) in [6, 6.07) is 6.93. The van der Waals surface area contributed by atoms with Crippen LogP contribution in [-0.2, 0) is 11.3 Å². The lowest BCUT2D eigenvalue weighted by Crippen LogP contribution is -2.36. The SMILES string of the molecule is CC(NCc1ccc(SC(F)(F)F)cc1)C1CCOCC1. The number of ether oxygens (including phenoxy) is 1. The lowest BCUT2D eigenvalue weighted by Gasteiger charge is -2.28. The third-order valence-corrected chi connectivity index (χ3v) is 4.50. The van der Waals surface area contributed by atoms with Crippen molar-refractivity contribution in [3.8, 4) is 0 Å². The molecular weight excluding hydrogens is 299 g/mol. The summed E-state index contributed by atoms with van der Waals surface area (Å²) >= 11 is -0.0777. The fourth-order valence-corrected chi connectivity index (χ4v) is 3.01. The van der Waals surface area contributed by atoms with Gasteiger partial charge in [-0.2, -0.15) is 13.2 Å². The average molecular weight is 319 g/mol. The van der Waals surface area contributed by atoms with Crippen molar-refractivity contribution in [2.45, 2.75) is 42.8 Å². The smallest absolute Gasteiger partial charge is 0.381 e. The van der Waals surface area contributed by atoms with Crippen LogP contribution < -0.4 is 5.32 Å². The lowest BCUT2D eigenvalue weighted by molar-refractivity contribution is -0.0328. The molecule has 1 fully saturated rings. The summed E-state index contributed by atoms with van der Waals surface area (Å²) in [7, 11) is 0. The van der Waals surface area contributed by atoms with E-state index in [9.17, 15) is 13.2 Å². The Hall–Kier alpha value is -0.720. The number of halogens is 3. The van der Waals surface area contributed by atoms with Gasteiger partial charge in [-0.25, -0.2) is 0 Å². The first-order valence-corrected chi connectivity index (χ1v) is 7.91. The summed E-state index contributed by atoms with van der Waals surface area (Å²) in [5, 5.41) is 3.45. The average Bonchev–Trinajstić information content (AvgIpc) is 2.45. The van der Waals surface area contributed by atoms with Crippen molar-refractivity contribution in [3.63, 3.8) is 0 Å². The van der Waals surface area contributed by atoms with Gasteiger partial charge >= 0.3 is 5.51 Å². The van der Waals surface area contributed by atoms with Gasteiger partial charge in [0, 0.05) is 30.7 Å². The Morgan fingerprint density at radius 1 is 1.24 bits per heavy atom. The van der Waals surface area contributed by atoms with Gasteiger partial charge in [-0.15, -0.1) is 0 Å². The zero-order chi connectivity index (χ0) is 15.3. The van der Waals surface area contributed by atoms with Crippen molar-refractivity contribution < 1.29 is 17.9 Å². The highest BCUT2D eigenvalue weighted by Crippen LogP contribution is 2.36. The molecular formula is C15H20F3NOS. The van der Waals surface area contributed by atoms with Crippen molar-refractivity contribution >= 4 is 11.8 Å². The Labute approximate surface area is 127 Å². The first-order valence-electron chi connectivity index (χ1n) is 7.10. The minimum absolute atomic E-state index is 0.0777. The van der Waals surface area contributed by atoms with Gasteiger partial charge in [0.25, 0.3) is 0 Å². The maximum Gasteiger partial charge on any atom is 0.446 e. The molecule has 0 amide bonds. The maximum atomic E-state index is 12.2. The molecule has 1 aliphatic heterocycles. The van der Waals surface area contributed by atoms with Gasteiger partial charge in [0.2, 0.25) is 0 Å². The second kappa shape index (κ2) is 7.51. The van der Waals surface area contributed by atoms with Crippen LogP contribution in [0.3, 0.4) is 0 Å². The molecule has 1 heterocycles. The molecule has 21 heavy (non-hydrogen) atoms. The molecule has 6 heteroatoms. The molecule has 1 atom stereocenters. The molecule has 0 radical (unpaired) electrons. The lowest BCUT2D eigenvalue weighted by atomic mass is 9.93. The van der Waals surface area contributed by atoms with E-state index in [0.29, 0.717) is 18.5 Å². The van der Waals surface area contributed by atoms with Crippen LogP contribution in [0.15, 0.2) is 29.2 Å². The molecule has 118 valence electrons. The summed E-state index contributed by atoms with van der Waals surface area (Å²) in [5.41, 5.74) is -3.22. The van der Waals surface area contributed by atoms with Crippen LogP contribution in [0.25, 0.3) is 0 Å². The van der Waals surface area contributed by atoms with Crippen LogP contribution in [0.5, 0.6) is 0 Å². The molecule has 0 aliphatic carbocycles. The van der Waals surface area contributed by atoms with Crippen molar-refractivity contribution in [3.05, 3.63) is 29.8 Å². The van der Waals surface area contributed by atoms with E-state index in [1.165, 1.54) is 12.1 Å². The van der Waals surface area contributed by atoms with Crippen LogP contribution in [0.1, 0.15) is 25.3 Å². The largest absolute Gasteiger partial charge is 0.446 e. The number of hydrogen-bond acceptors (Lipinski definition) is 3. The molecule has 1 aromatic rings. The van der Waals surface area contributed by atoms with Crippen LogP contribution in [0.2, 0.25) is 0 Å². The molecule has 1 aliphatic rings. The molecule has 1 unspecified atom stereocenters. The van der Waals surface area contributed by atoms with Crippen molar-refractivity contribution in [2.75, 3.05) is 13.2 Å². The number of alkyl halides is 3.